The fourth-order valence-corrected chi connectivity index (χ4v) is 1.78. The topological polar surface area (TPSA) is 97.4 Å². The maximum absolute atomic E-state index is 12.2. The largest absolute Gasteiger partial charge is 0.459 e. The van der Waals surface area contributed by atoms with Gasteiger partial charge in [-0.2, -0.15) is 0 Å². The van der Waals surface area contributed by atoms with Crippen LogP contribution in [-0.2, 0) is 4.79 Å². The van der Waals surface area contributed by atoms with Gasteiger partial charge in [-0.1, -0.05) is 19.0 Å². The van der Waals surface area contributed by atoms with Crippen LogP contribution in [-0.4, -0.2) is 23.0 Å². The highest BCUT2D eigenvalue weighted by Crippen LogP contribution is 2.11. The number of nitrogens with one attached hydrogen (secondary N) is 2. The molecule has 0 saturated carbocycles. The molecule has 2 heterocycles. The first-order chi connectivity index (χ1) is 9.97. The summed E-state index contributed by atoms with van der Waals surface area (Å²) in [7, 11) is 0. The normalized spacial score (nSPS) is 12.2. The Morgan fingerprint density at radius 3 is 2.62 bits per heavy atom. The van der Waals surface area contributed by atoms with Gasteiger partial charge in [0.2, 0.25) is 5.91 Å². The molecule has 1 atom stereocenters. The number of anilines is 1. The smallest absolute Gasteiger partial charge is 0.287 e. The minimum Gasteiger partial charge on any atom is -0.459 e. The van der Waals surface area contributed by atoms with Gasteiger partial charge in [0.25, 0.3) is 5.91 Å². The van der Waals surface area contributed by atoms with E-state index in [4.69, 9.17) is 8.94 Å². The fourth-order valence-electron chi connectivity index (χ4n) is 1.78. The molecule has 0 saturated heterocycles. The molecule has 0 aliphatic rings. The molecule has 2 aromatic heterocycles. The summed E-state index contributed by atoms with van der Waals surface area (Å²) in [5.41, 5.74) is 0. The van der Waals surface area contributed by atoms with Crippen LogP contribution in [0.4, 0.5) is 5.82 Å². The van der Waals surface area contributed by atoms with E-state index >= 15 is 0 Å². The van der Waals surface area contributed by atoms with Gasteiger partial charge in [0, 0.05) is 6.07 Å². The van der Waals surface area contributed by atoms with Crippen molar-refractivity contribution in [2.45, 2.75) is 26.8 Å². The molecule has 0 bridgehead atoms. The van der Waals surface area contributed by atoms with Gasteiger partial charge < -0.3 is 19.6 Å². The molecular weight excluding hydrogens is 274 g/mol. The Balaban J connectivity index is 2.04. The third-order valence-electron chi connectivity index (χ3n) is 2.86. The second-order valence-electron chi connectivity index (χ2n) is 4.98. The molecule has 0 radical (unpaired) electrons. The van der Waals surface area contributed by atoms with E-state index in [9.17, 15) is 9.59 Å². The van der Waals surface area contributed by atoms with Crippen molar-refractivity contribution in [3.63, 3.8) is 0 Å². The van der Waals surface area contributed by atoms with E-state index in [1.165, 1.54) is 12.3 Å². The third kappa shape index (κ3) is 3.71. The Morgan fingerprint density at radius 2 is 2.10 bits per heavy atom. The van der Waals surface area contributed by atoms with E-state index in [1.54, 1.807) is 19.1 Å². The Kier molecular flexibility index (Phi) is 4.42. The molecule has 2 amide bonds. The lowest BCUT2D eigenvalue weighted by atomic mass is 10.0. The van der Waals surface area contributed by atoms with Gasteiger partial charge in [0.1, 0.15) is 11.8 Å². The van der Waals surface area contributed by atoms with Crippen LogP contribution in [0.3, 0.4) is 0 Å². The molecule has 0 fully saturated rings. The van der Waals surface area contributed by atoms with Crippen LogP contribution in [0.25, 0.3) is 0 Å². The molecule has 2 aromatic rings. The number of amides is 2. The molecule has 2 rings (SSSR count). The number of hydrogen-bond donors (Lipinski definition) is 2. The average molecular weight is 291 g/mol. The van der Waals surface area contributed by atoms with E-state index in [0.717, 1.165) is 0 Å². The highest BCUT2D eigenvalue weighted by atomic mass is 16.5. The van der Waals surface area contributed by atoms with Gasteiger partial charge in [-0.15, -0.1) is 0 Å². The van der Waals surface area contributed by atoms with E-state index in [2.05, 4.69) is 15.8 Å². The maximum atomic E-state index is 12.2. The van der Waals surface area contributed by atoms with Crippen LogP contribution < -0.4 is 10.6 Å². The highest BCUT2D eigenvalue weighted by molar-refractivity contribution is 5.99. The second-order valence-corrected chi connectivity index (χ2v) is 4.98. The number of furan rings is 1. The van der Waals surface area contributed by atoms with Crippen LogP contribution >= 0.6 is 0 Å². The summed E-state index contributed by atoms with van der Waals surface area (Å²) in [6, 6.07) is 4.03. The van der Waals surface area contributed by atoms with Crippen LogP contribution in [0.1, 0.15) is 30.2 Å². The number of hydrogen-bond acceptors (Lipinski definition) is 5. The highest BCUT2D eigenvalue weighted by Gasteiger charge is 2.26. The molecule has 0 aromatic carbocycles. The van der Waals surface area contributed by atoms with Crippen molar-refractivity contribution in [1.82, 2.24) is 10.5 Å². The Labute approximate surface area is 121 Å². The third-order valence-corrected chi connectivity index (χ3v) is 2.86. The lowest BCUT2D eigenvalue weighted by Gasteiger charge is -2.20. The zero-order valence-corrected chi connectivity index (χ0v) is 12.0. The Hall–Kier alpha value is -2.57. The van der Waals surface area contributed by atoms with Crippen LogP contribution in [0.5, 0.6) is 0 Å². The number of aromatic nitrogens is 1. The first kappa shape index (κ1) is 14.8. The molecular formula is C14H17N3O4. The predicted octanol–water partition coefficient (Wildman–Crippen LogP) is 1.97. The predicted molar refractivity (Wildman–Crippen MR) is 74.7 cm³/mol. The van der Waals surface area contributed by atoms with Gasteiger partial charge in [-0.05, 0) is 25.0 Å². The standard InChI is InChI=1S/C14H17N3O4/c1-8(2)12(16-13(18)10-5-4-6-20-10)14(19)15-11-7-9(3)21-17-11/h4-8,12H,1-3H3,(H,16,18)(H,15,17,19)/t12-/m0/s1. The molecule has 2 N–H and O–H groups in total. The van der Waals surface area contributed by atoms with Crippen molar-refractivity contribution in [2.75, 3.05) is 5.32 Å². The molecule has 0 unspecified atom stereocenters. The average Bonchev–Trinajstić information content (AvgIpc) is 3.06. The summed E-state index contributed by atoms with van der Waals surface area (Å²) < 4.78 is 9.88. The zero-order chi connectivity index (χ0) is 15.4. The second kappa shape index (κ2) is 6.25. The van der Waals surface area contributed by atoms with Crippen molar-refractivity contribution < 1.29 is 18.5 Å². The quantitative estimate of drug-likeness (QED) is 0.877. The molecule has 21 heavy (non-hydrogen) atoms. The lowest BCUT2D eigenvalue weighted by Crippen LogP contribution is -2.47. The van der Waals surface area contributed by atoms with Crippen molar-refractivity contribution >= 4 is 17.6 Å². The maximum Gasteiger partial charge on any atom is 0.287 e. The number of rotatable bonds is 5. The van der Waals surface area contributed by atoms with E-state index in [1.807, 2.05) is 13.8 Å². The number of carbonyl (C=O) groups is 2. The minimum absolute atomic E-state index is 0.100. The van der Waals surface area contributed by atoms with Gasteiger partial charge in [0.15, 0.2) is 11.6 Å². The van der Waals surface area contributed by atoms with Gasteiger partial charge in [0.05, 0.1) is 6.26 Å². The fraction of sp³-hybridized carbons (Fsp3) is 0.357. The molecule has 7 heteroatoms. The molecule has 0 spiro atoms. The number of aryl methyl sites for hydroxylation is 1. The summed E-state index contributed by atoms with van der Waals surface area (Å²) in [4.78, 5) is 24.2. The van der Waals surface area contributed by atoms with E-state index in [-0.39, 0.29) is 17.6 Å². The molecule has 7 nitrogen and oxygen atoms in total. The first-order valence-corrected chi connectivity index (χ1v) is 6.56. The molecule has 0 aliphatic carbocycles. The van der Waals surface area contributed by atoms with Gasteiger partial charge >= 0.3 is 0 Å². The SMILES string of the molecule is Cc1cc(NC(=O)[C@@H](NC(=O)c2ccco2)C(C)C)no1. The van der Waals surface area contributed by atoms with Crippen LogP contribution in [0.2, 0.25) is 0 Å². The summed E-state index contributed by atoms with van der Waals surface area (Å²) >= 11 is 0. The lowest BCUT2D eigenvalue weighted by molar-refractivity contribution is -0.118. The van der Waals surface area contributed by atoms with Crippen molar-refractivity contribution in [1.29, 1.82) is 0 Å². The number of carbonyl (C=O) groups excluding carboxylic acids is 2. The summed E-state index contributed by atoms with van der Waals surface area (Å²) in [6.45, 7) is 5.39. The van der Waals surface area contributed by atoms with Gasteiger partial charge in [-0.3, -0.25) is 9.59 Å². The van der Waals surface area contributed by atoms with Crippen molar-refractivity contribution in [2.24, 2.45) is 5.92 Å². The van der Waals surface area contributed by atoms with Crippen LogP contribution in [0.15, 0.2) is 33.4 Å². The summed E-state index contributed by atoms with van der Waals surface area (Å²) in [5, 5.41) is 8.94. The minimum atomic E-state index is -0.709. The van der Waals surface area contributed by atoms with E-state index < -0.39 is 11.9 Å². The summed E-state index contributed by atoms with van der Waals surface area (Å²) in [6.07, 6.45) is 1.40. The van der Waals surface area contributed by atoms with Crippen LogP contribution in [0, 0.1) is 12.8 Å². The number of nitrogens with zero attached hydrogens (tertiary/aromatic N) is 1. The Morgan fingerprint density at radius 1 is 1.33 bits per heavy atom. The monoisotopic (exact) mass is 291 g/mol. The molecule has 112 valence electrons. The van der Waals surface area contributed by atoms with E-state index in [0.29, 0.717) is 11.6 Å². The van der Waals surface area contributed by atoms with Gasteiger partial charge in [-0.25, -0.2) is 0 Å². The van der Waals surface area contributed by atoms with Crippen molar-refractivity contribution in [3.05, 3.63) is 36.0 Å². The first-order valence-electron chi connectivity index (χ1n) is 6.56. The summed E-state index contributed by atoms with van der Waals surface area (Å²) in [5.74, 6) is 0.160. The van der Waals surface area contributed by atoms with Crippen molar-refractivity contribution in [3.8, 4) is 0 Å². The molecule has 0 aliphatic heterocycles. The Bertz CT molecular complexity index is 616. The zero-order valence-electron chi connectivity index (χ0n) is 12.0.